The SMILES string of the molecule is COc1cc(=O)oc2cc[nH]c12. The van der Waals surface area contributed by atoms with Gasteiger partial charge >= 0.3 is 5.63 Å². The van der Waals surface area contributed by atoms with E-state index in [1.54, 1.807) is 12.3 Å². The highest BCUT2D eigenvalue weighted by Gasteiger charge is 2.04. The monoisotopic (exact) mass is 165 g/mol. The Morgan fingerprint density at radius 2 is 2.42 bits per heavy atom. The molecule has 12 heavy (non-hydrogen) atoms. The third-order valence-corrected chi connectivity index (χ3v) is 1.63. The van der Waals surface area contributed by atoms with E-state index in [4.69, 9.17) is 9.15 Å². The van der Waals surface area contributed by atoms with Crippen LogP contribution in [0.2, 0.25) is 0 Å². The molecule has 0 radical (unpaired) electrons. The lowest BCUT2D eigenvalue weighted by molar-refractivity contribution is 0.412. The third-order valence-electron chi connectivity index (χ3n) is 1.63. The minimum atomic E-state index is -0.404. The van der Waals surface area contributed by atoms with Crippen molar-refractivity contribution in [3.05, 3.63) is 28.7 Å². The minimum absolute atomic E-state index is 0.404. The Morgan fingerprint density at radius 3 is 3.17 bits per heavy atom. The maximum Gasteiger partial charge on any atom is 0.340 e. The van der Waals surface area contributed by atoms with Crippen LogP contribution >= 0.6 is 0 Å². The van der Waals surface area contributed by atoms with Gasteiger partial charge < -0.3 is 14.1 Å². The molecule has 0 spiro atoms. The molecule has 0 atom stereocenters. The first-order valence-corrected chi connectivity index (χ1v) is 3.46. The second kappa shape index (κ2) is 2.41. The summed E-state index contributed by atoms with van der Waals surface area (Å²) in [6.07, 6.45) is 1.69. The molecule has 0 unspecified atom stereocenters. The molecule has 2 rings (SSSR count). The zero-order chi connectivity index (χ0) is 8.55. The molecule has 0 aromatic carbocycles. The standard InChI is InChI=1S/C8H7NO3/c1-11-6-4-7(10)12-5-2-3-9-8(5)6/h2-4,9H,1H3. The minimum Gasteiger partial charge on any atom is -0.494 e. The van der Waals surface area contributed by atoms with Crippen LogP contribution in [0.25, 0.3) is 11.1 Å². The van der Waals surface area contributed by atoms with Crippen LogP contribution in [0, 0.1) is 0 Å². The number of aromatic amines is 1. The van der Waals surface area contributed by atoms with Crippen LogP contribution in [-0.4, -0.2) is 12.1 Å². The second-order valence-corrected chi connectivity index (χ2v) is 2.35. The van der Waals surface area contributed by atoms with Gasteiger partial charge in [-0.15, -0.1) is 0 Å². The summed E-state index contributed by atoms with van der Waals surface area (Å²) in [7, 11) is 1.51. The largest absolute Gasteiger partial charge is 0.494 e. The fourth-order valence-electron chi connectivity index (χ4n) is 1.11. The number of hydrogen-bond donors (Lipinski definition) is 1. The summed E-state index contributed by atoms with van der Waals surface area (Å²) in [6.45, 7) is 0. The van der Waals surface area contributed by atoms with Gasteiger partial charge in [-0.1, -0.05) is 0 Å². The van der Waals surface area contributed by atoms with E-state index in [0.29, 0.717) is 16.8 Å². The summed E-state index contributed by atoms with van der Waals surface area (Å²) in [4.78, 5) is 13.8. The van der Waals surface area contributed by atoms with Crippen molar-refractivity contribution in [2.75, 3.05) is 7.11 Å². The molecule has 2 aromatic rings. The first kappa shape index (κ1) is 6.97. The first-order valence-electron chi connectivity index (χ1n) is 3.46. The fourth-order valence-corrected chi connectivity index (χ4v) is 1.11. The van der Waals surface area contributed by atoms with Crippen molar-refractivity contribution in [3.63, 3.8) is 0 Å². The van der Waals surface area contributed by atoms with Crippen LogP contribution in [0.15, 0.2) is 27.5 Å². The molecule has 0 saturated heterocycles. The van der Waals surface area contributed by atoms with Crippen LogP contribution < -0.4 is 10.4 Å². The molecule has 0 bridgehead atoms. The lowest BCUT2D eigenvalue weighted by Gasteiger charge is -1.97. The summed E-state index contributed by atoms with van der Waals surface area (Å²) in [5.41, 5.74) is 0.815. The van der Waals surface area contributed by atoms with E-state index in [1.165, 1.54) is 13.2 Å². The van der Waals surface area contributed by atoms with Gasteiger partial charge in [0.15, 0.2) is 11.3 Å². The Hall–Kier alpha value is -1.71. The van der Waals surface area contributed by atoms with E-state index in [9.17, 15) is 4.79 Å². The maximum absolute atomic E-state index is 10.9. The van der Waals surface area contributed by atoms with Gasteiger partial charge in [-0.2, -0.15) is 0 Å². The van der Waals surface area contributed by atoms with Crippen LogP contribution in [-0.2, 0) is 0 Å². The van der Waals surface area contributed by atoms with Gasteiger partial charge in [0.25, 0.3) is 0 Å². The molecule has 0 amide bonds. The van der Waals surface area contributed by atoms with Crippen molar-refractivity contribution < 1.29 is 9.15 Å². The smallest absolute Gasteiger partial charge is 0.340 e. The highest BCUT2D eigenvalue weighted by molar-refractivity contribution is 5.79. The summed E-state index contributed by atoms with van der Waals surface area (Å²) >= 11 is 0. The van der Waals surface area contributed by atoms with Gasteiger partial charge in [0.05, 0.1) is 13.2 Å². The van der Waals surface area contributed by atoms with Gasteiger partial charge in [0.2, 0.25) is 0 Å². The van der Waals surface area contributed by atoms with Crippen molar-refractivity contribution in [2.45, 2.75) is 0 Å². The second-order valence-electron chi connectivity index (χ2n) is 2.35. The van der Waals surface area contributed by atoms with Gasteiger partial charge in [-0.05, 0) is 6.07 Å². The number of ether oxygens (including phenoxy) is 1. The van der Waals surface area contributed by atoms with Crippen molar-refractivity contribution in [1.29, 1.82) is 0 Å². The number of rotatable bonds is 1. The van der Waals surface area contributed by atoms with Crippen molar-refractivity contribution in [1.82, 2.24) is 4.98 Å². The fraction of sp³-hybridized carbons (Fsp3) is 0.125. The Balaban J connectivity index is 2.89. The Morgan fingerprint density at radius 1 is 1.58 bits per heavy atom. The van der Waals surface area contributed by atoms with E-state index in [1.807, 2.05) is 0 Å². The predicted octanol–water partition coefficient (Wildman–Crippen LogP) is 1.13. The maximum atomic E-state index is 10.9. The Bertz CT molecular complexity index is 455. The molecule has 0 saturated carbocycles. The number of H-pyrrole nitrogens is 1. The molecule has 0 aliphatic rings. The topological polar surface area (TPSA) is 55.2 Å². The van der Waals surface area contributed by atoms with E-state index in [2.05, 4.69) is 4.98 Å². The Kier molecular flexibility index (Phi) is 1.40. The van der Waals surface area contributed by atoms with Crippen molar-refractivity contribution >= 4 is 11.1 Å². The Labute approximate surface area is 67.8 Å². The number of fused-ring (bicyclic) bond motifs is 1. The highest BCUT2D eigenvalue weighted by atomic mass is 16.5. The summed E-state index contributed by atoms with van der Waals surface area (Å²) in [5, 5.41) is 0. The number of aromatic nitrogens is 1. The average molecular weight is 165 g/mol. The molecule has 0 fully saturated rings. The van der Waals surface area contributed by atoms with Gasteiger partial charge in [-0.25, -0.2) is 4.79 Å². The molecule has 62 valence electrons. The van der Waals surface area contributed by atoms with Crippen molar-refractivity contribution in [2.24, 2.45) is 0 Å². The predicted molar refractivity (Wildman–Crippen MR) is 43.4 cm³/mol. The summed E-state index contributed by atoms with van der Waals surface area (Å²) in [5.74, 6) is 0.506. The molecule has 1 N–H and O–H groups in total. The zero-order valence-electron chi connectivity index (χ0n) is 6.46. The van der Waals surface area contributed by atoms with E-state index in [-0.39, 0.29) is 0 Å². The van der Waals surface area contributed by atoms with Crippen molar-refractivity contribution in [3.8, 4) is 5.75 Å². The van der Waals surface area contributed by atoms with Gasteiger partial charge in [-0.3, -0.25) is 0 Å². The van der Waals surface area contributed by atoms with Gasteiger partial charge in [0.1, 0.15) is 5.52 Å². The number of nitrogens with one attached hydrogen (secondary N) is 1. The quantitative estimate of drug-likeness (QED) is 0.689. The molecule has 0 aliphatic carbocycles. The molecule has 2 heterocycles. The lowest BCUT2D eigenvalue weighted by atomic mass is 10.4. The molecule has 0 aliphatic heterocycles. The van der Waals surface area contributed by atoms with E-state index >= 15 is 0 Å². The van der Waals surface area contributed by atoms with Crippen LogP contribution in [0.4, 0.5) is 0 Å². The highest BCUT2D eigenvalue weighted by Crippen LogP contribution is 2.20. The van der Waals surface area contributed by atoms with Gasteiger partial charge in [0, 0.05) is 6.20 Å². The zero-order valence-corrected chi connectivity index (χ0v) is 6.46. The summed E-state index contributed by atoms with van der Waals surface area (Å²) < 4.78 is 9.85. The van der Waals surface area contributed by atoms with E-state index < -0.39 is 5.63 Å². The third kappa shape index (κ3) is 0.887. The van der Waals surface area contributed by atoms with E-state index in [0.717, 1.165) is 0 Å². The van der Waals surface area contributed by atoms with Crippen LogP contribution in [0.1, 0.15) is 0 Å². The number of methoxy groups -OCH3 is 1. The first-order chi connectivity index (χ1) is 5.81. The number of hydrogen-bond acceptors (Lipinski definition) is 3. The molecular formula is C8H7NO3. The molecule has 4 nitrogen and oxygen atoms in total. The molecule has 4 heteroatoms. The lowest BCUT2D eigenvalue weighted by Crippen LogP contribution is -1.97. The average Bonchev–Trinajstić information content (AvgIpc) is 2.50. The van der Waals surface area contributed by atoms with Crippen LogP contribution in [0.3, 0.4) is 0 Å². The van der Waals surface area contributed by atoms with Crippen LogP contribution in [0.5, 0.6) is 5.75 Å². The molecule has 2 aromatic heterocycles. The normalized spacial score (nSPS) is 10.4. The summed E-state index contributed by atoms with van der Waals surface area (Å²) in [6, 6.07) is 2.98. The molecular weight excluding hydrogens is 158 g/mol.